The molecule has 0 radical (unpaired) electrons. The second kappa shape index (κ2) is 10.0. The Hall–Kier alpha value is -1.23. The van der Waals surface area contributed by atoms with Crippen LogP contribution >= 0.6 is 0 Å². The fourth-order valence-electron chi connectivity index (χ4n) is 2.18. The molecule has 4 nitrogen and oxygen atoms in total. The van der Waals surface area contributed by atoms with Gasteiger partial charge < -0.3 is 18.0 Å². The third-order valence-corrected chi connectivity index (χ3v) is 6.29. The van der Waals surface area contributed by atoms with Crippen LogP contribution in [0.2, 0.25) is 6.04 Å². The molecule has 0 heterocycles. The summed E-state index contributed by atoms with van der Waals surface area (Å²) in [6.07, 6.45) is 0.186. The van der Waals surface area contributed by atoms with Crippen LogP contribution < -0.4 is 4.74 Å². The summed E-state index contributed by atoms with van der Waals surface area (Å²) in [5.74, 6) is -11.6. The first kappa shape index (κ1) is 21.8. The number of rotatable bonds is 11. The van der Waals surface area contributed by atoms with Crippen LogP contribution in [0.5, 0.6) is 5.75 Å². The maximum Gasteiger partial charge on any atom is 0.501 e. The smallest absolute Gasteiger partial charge is 0.487 e. The fraction of sp³-hybridized carbons (Fsp3) is 0.600. The van der Waals surface area contributed by atoms with Crippen molar-refractivity contribution in [2.24, 2.45) is 0 Å². The van der Waals surface area contributed by atoms with E-state index >= 15 is 0 Å². The molecule has 25 heavy (non-hydrogen) atoms. The molecule has 0 aliphatic rings. The monoisotopic (exact) mass is 388 g/mol. The first-order valence-electron chi connectivity index (χ1n) is 7.89. The Bertz CT molecular complexity index is 527. The summed E-state index contributed by atoms with van der Waals surface area (Å²) >= 11 is 0. The molecule has 1 rings (SSSR count). The Labute approximate surface area is 144 Å². The summed E-state index contributed by atoms with van der Waals surface area (Å²) in [5.41, 5.74) is 0. The van der Waals surface area contributed by atoms with Crippen molar-refractivity contribution in [2.45, 2.75) is 33.2 Å². The van der Waals surface area contributed by atoms with Gasteiger partial charge >= 0.3 is 8.80 Å². The molecule has 0 atom stereocenters. The molecular weight excluding hydrogens is 367 g/mol. The summed E-state index contributed by atoms with van der Waals surface area (Å²) in [4.78, 5) is 0. The Morgan fingerprint density at radius 3 is 1.48 bits per heavy atom. The van der Waals surface area contributed by atoms with Crippen molar-refractivity contribution in [3.05, 3.63) is 29.1 Å². The summed E-state index contributed by atoms with van der Waals surface area (Å²) in [5, 5.41) is 0. The van der Waals surface area contributed by atoms with Gasteiger partial charge in [-0.2, -0.15) is 8.78 Å². The van der Waals surface area contributed by atoms with Gasteiger partial charge in [0.2, 0.25) is 29.1 Å². The van der Waals surface area contributed by atoms with Crippen molar-refractivity contribution in [2.75, 3.05) is 26.4 Å². The molecular formula is C15H21F5O4Si. The summed E-state index contributed by atoms with van der Waals surface area (Å²) < 4.78 is 87.7. The maximum atomic E-state index is 13.5. The first-order valence-corrected chi connectivity index (χ1v) is 9.82. The van der Waals surface area contributed by atoms with Crippen LogP contribution in [-0.2, 0) is 13.3 Å². The number of ether oxygens (including phenoxy) is 1. The average molecular weight is 388 g/mol. The van der Waals surface area contributed by atoms with Gasteiger partial charge in [-0.05, 0) is 27.2 Å². The average Bonchev–Trinajstić information content (AvgIpc) is 2.58. The Morgan fingerprint density at radius 1 is 0.680 bits per heavy atom. The Kier molecular flexibility index (Phi) is 8.76. The maximum absolute atomic E-state index is 13.5. The van der Waals surface area contributed by atoms with Crippen LogP contribution in [0.4, 0.5) is 22.0 Å². The summed E-state index contributed by atoms with van der Waals surface area (Å²) in [7, 11) is -2.97. The van der Waals surface area contributed by atoms with Crippen LogP contribution in [-0.4, -0.2) is 35.2 Å². The quantitative estimate of drug-likeness (QED) is 0.187. The predicted molar refractivity (Wildman–Crippen MR) is 81.8 cm³/mol. The molecule has 0 aliphatic carbocycles. The van der Waals surface area contributed by atoms with Crippen molar-refractivity contribution in [3.63, 3.8) is 0 Å². The molecule has 0 amide bonds. The molecule has 144 valence electrons. The van der Waals surface area contributed by atoms with E-state index < -0.39 is 43.6 Å². The molecule has 0 bridgehead atoms. The van der Waals surface area contributed by atoms with Crippen LogP contribution in [0, 0.1) is 29.1 Å². The van der Waals surface area contributed by atoms with E-state index in [-0.39, 0.29) is 19.1 Å². The number of halogens is 5. The highest BCUT2D eigenvalue weighted by atomic mass is 28.4. The Balaban J connectivity index is 2.77. The molecule has 10 heteroatoms. The van der Waals surface area contributed by atoms with Crippen LogP contribution in [0.25, 0.3) is 0 Å². The van der Waals surface area contributed by atoms with Crippen molar-refractivity contribution in [3.8, 4) is 5.75 Å². The van der Waals surface area contributed by atoms with E-state index in [9.17, 15) is 22.0 Å². The second-order valence-electron chi connectivity index (χ2n) is 4.83. The molecule has 1 aromatic rings. The minimum absolute atomic E-state index is 0.186. The third kappa shape index (κ3) is 5.37. The molecule has 0 saturated heterocycles. The first-order chi connectivity index (χ1) is 11.8. The molecule has 0 spiro atoms. The van der Waals surface area contributed by atoms with Gasteiger partial charge in [0, 0.05) is 25.9 Å². The zero-order chi connectivity index (χ0) is 19.0. The topological polar surface area (TPSA) is 36.9 Å². The normalized spacial score (nSPS) is 11.8. The standard InChI is InChI=1S/C15H21F5O4Si/c1-4-22-25(23-5-2,24-6-3)9-7-8-21-15-13(19)11(17)10(16)12(18)14(15)20/h4-9H2,1-3H3. The number of benzene rings is 1. The van der Waals surface area contributed by atoms with E-state index in [2.05, 4.69) is 0 Å². The van der Waals surface area contributed by atoms with Crippen molar-refractivity contribution < 1.29 is 40.0 Å². The fourth-order valence-corrected chi connectivity index (χ4v) is 4.76. The van der Waals surface area contributed by atoms with E-state index in [1.807, 2.05) is 0 Å². The molecule has 0 aliphatic heterocycles. The van der Waals surface area contributed by atoms with Gasteiger partial charge in [-0.15, -0.1) is 0 Å². The predicted octanol–water partition coefficient (Wildman–Crippen LogP) is 4.20. The van der Waals surface area contributed by atoms with Gasteiger partial charge in [0.25, 0.3) is 0 Å². The summed E-state index contributed by atoms with van der Waals surface area (Å²) in [6, 6.07) is 0.276. The largest absolute Gasteiger partial charge is 0.501 e. The van der Waals surface area contributed by atoms with Gasteiger partial charge in [-0.3, -0.25) is 0 Å². The van der Waals surface area contributed by atoms with Crippen molar-refractivity contribution in [1.82, 2.24) is 0 Å². The minimum Gasteiger partial charge on any atom is -0.487 e. The van der Waals surface area contributed by atoms with Crippen molar-refractivity contribution >= 4 is 8.80 Å². The molecule has 0 fully saturated rings. The van der Waals surface area contributed by atoms with Gasteiger partial charge in [-0.1, -0.05) is 0 Å². The van der Waals surface area contributed by atoms with Gasteiger partial charge in [0.15, 0.2) is 5.75 Å². The lowest BCUT2D eigenvalue weighted by Gasteiger charge is -2.28. The van der Waals surface area contributed by atoms with Crippen LogP contribution in [0.3, 0.4) is 0 Å². The molecule has 0 N–H and O–H groups in total. The van der Waals surface area contributed by atoms with E-state index in [4.69, 9.17) is 18.0 Å². The Morgan fingerprint density at radius 2 is 1.08 bits per heavy atom. The molecule has 0 aromatic heterocycles. The summed E-state index contributed by atoms with van der Waals surface area (Å²) in [6.45, 7) is 6.07. The number of hydrogen-bond donors (Lipinski definition) is 0. The molecule has 0 saturated carbocycles. The van der Waals surface area contributed by atoms with E-state index in [0.717, 1.165) is 0 Å². The van der Waals surface area contributed by atoms with Gasteiger partial charge in [0.1, 0.15) is 0 Å². The third-order valence-electron chi connectivity index (χ3n) is 3.14. The minimum atomic E-state index is -2.97. The second-order valence-corrected chi connectivity index (χ2v) is 7.57. The van der Waals surface area contributed by atoms with Crippen LogP contribution in [0.1, 0.15) is 27.2 Å². The molecule has 1 aromatic carbocycles. The lowest BCUT2D eigenvalue weighted by molar-refractivity contribution is 0.0695. The highest BCUT2D eigenvalue weighted by molar-refractivity contribution is 6.60. The SMILES string of the molecule is CCO[Si](CCCOc1c(F)c(F)c(F)c(F)c1F)(OCC)OCC. The van der Waals surface area contributed by atoms with E-state index in [0.29, 0.717) is 19.8 Å². The zero-order valence-corrected chi connectivity index (χ0v) is 15.3. The highest BCUT2D eigenvalue weighted by Gasteiger charge is 2.39. The van der Waals surface area contributed by atoms with Crippen LogP contribution in [0.15, 0.2) is 0 Å². The molecule has 0 unspecified atom stereocenters. The lowest BCUT2D eigenvalue weighted by atomic mass is 10.2. The van der Waals surface area contributed by atoms with E-state index in [1.165, 1.54) is 0 Å². The van der Waals surface area contributed by atoms with Gasteiger partial charge in [-0.25, -0.2) is 13.2 Å². The number of hydrogen-bond acceptors (Lipinski definition) is 4. The zero-order valence-electron chi connectivity index (χ0n) is 14.3. The lowest BCUT2D eigenvalue weighted by Crippen LogP contribution is -2.46. The van der Waals surface area contributed by atoms with E-state index in [1.54, 1.807) is 20.8 Å². The van der Waals surface area contributed by atoms with Crippen molar-refractivity contribution in [1.29, 1.82) is 0 Å². The highest BCUT2D eigenvalue weighted by Crippen LogP contribution is 2.29. The van der Waals surface area contributed by atoms with Gasteiger partial charge in [0.05, 0.1) is 6.61 Å².